The van der Waals surface area contributed by atoms with Crippen LogP contribution in [0.4, 0.5) is 13.2 Å². The van der Waals surface area contributed by atoms with Gasteiger partial charge in [0.25, 0.3) is 0 Å². The van der Waals surface area contributed by atoms with Gasteiger partial charge in [-0.1, -0.05) is 18.2 Å². The third-order valence-electron chi connectivity index (χ3n) is 3.39. The fourth-order valence-electron chi connectivity index (χ4n) is 2.21. The molecule has 0 heterocycles. The number of benzene rings is 2. The first-order valence-electron chi connectivity index (χ1n) is 6.40. The van der Waals surface area contributed by atoms with E-state index in [-0.39, 0.29) is 0 Å². The van der Waals surface area contributed by atoms with Crippen molar-refractivity contribution in [2.75, 3.05) is 7.11 Å². The van der Waals surface area contributed by atoms with Gasteiger partial charge in [0.1, 0.15) is 5.75 Å². The molecule has 0 amide bonds. The molecular formula is C16H16F3NO. The maximum atomic E-state index is 12.8. The first kappa shape index (κ1) is 15.4. The first-order chi connectivity index (χ1) is 9.82. The van der Waals surface area contributed by atoms with E-state index in [2.05, 4.69) is 0 Å². The Kier molecular flexibility index (Phi) is 4.23. The molecule has 2 aromatic rings. The summed E-state index contributed by atoms with van der Waals surface area (Å²) in [6, 6.07) is 9.82. The lowest BCUT2D eigenvalue weighted by atomic mass is 9.94. The summed E-state index contributed by atoms with van der Waals surface area (Å²) < 4.78 is 43.4. The van der Waals surface area contributed by atoms with Gasteiger partial charge < -0.3 is 10.5 Å². The van der Waals surface area contributed by atoms with Crippen LogP contribution in [-0.4, -0.2) is 7.11 Å². The van der Waals surface area contributed by atoms with Gasteiger partial charge in [-0.2, -0.15) is 13.2 Å². The third kappa shape index (κ3) is 3.36. The number of hydrogen-bond donors (Lipinski definition) is 1. The zero-order chi connectivity index (χ0) is 15.6. The monoisotopic (exact) mass is 295 g/mol. The summed E-state index contributed by atoms with van der Waals surface area (Å²) in [5.74, 6) is 0.687. The van der Waals surface area contributed by atoms with Crippen LogP contribution in [-0.2, 0) is 6.18 Å². The van der Waals surface area contributed by atoms with Crippen molar-refractivity contribution in [2.24, 2.45) is 5.73 Å². The van der Waals surface area contributed by atoms with Gasteiger partial charge in [-0.05, 0) is 47.9 Å². The molecule has 0 aromatic heterocycles. The van der Waals surface area contributed by atoms with Crippen LogP contribution in [0.15, 0.2) is 42.5 Å². The Hall–Kier alpha value is -2.01. The van der Waals surface area contributed by atoms with Crippen molar-refractivity contribution in [1.29, 1.82) is 0 Å². The van der Waals surface area contributed by atoms with Crippen molar-refractivity contribution in [2.45, 2.75) is 19.1 Å². The second-order valence-electron chi connectivity index (χ2n) is 4.82. The highest BCUT2D eigenvalue weighted by Gasteiger charge is 2.30. The average Bonchev–Trinajstić information content (AvgIpc) is 2.45. The standard InChI is InChI=1S/C16H16F3NO/c1-10-8-13(21-2)6-7-14(10)15(20)11-4-3-5-12(9-11)16(17,18)19/h3-9,15H,20H2,1-2H3. The smallest absolute Gasteiger partial charge is 0.416 e. The lowest BCUT2D eigenvalue weighted by Gasteiger charge is -2.17. The van der Waals surface area contributed by atoms with E-state index in [0.29, 0.717) is 11.3 Å². The summed E-state index contributed by atoms with van der Waals surface area (Å²) in [6.45, 7) is 1.85. The molecule has 0 spiro atoms. The van der Waals surface area contributed by atoms with Crippen molar-refractivity contribution in [3.8, 4) is 5.75 Å². The summed E-state index contributed by atoms with van der Waals surface area (Å²) in [6.07, 6.45) is -4.37. The van der Waals surface area contributed by atoms with Crippen molar-refractivity contribution < 1.29 is 17.9 Å². The van der Waals surface area contributed by atoms with Gasteiger partial charge in [-0.25, -0.2) is 0 Å². The molecule has 0 saturated heterocycles. The topological polar surface area (TPSA) is 35.2 Å². The van der Waals surface area contributed by atoms with Crippen molar-refractivity contribution in [3.05, 3.63) is 64.7 Å². The Morgan fingerprint density at radius 2 is 1.81 bits per heavy atom. The van der Waals surface area contributed by atoms with Crippen LogP contribution in [0.1, 0.15) is 28.3 Å². The maximum Gasteiger partial charge on any atom is 0.416 e. The van der Waals surface area contributed by atoms with E-state index in [1.54, 1.807) is 25.3 Å². The van der Waals surface area contributed by atoms with Crippen molar-refractivity contribution in [1.82, 2.24) is 0 Å². The minimum absolute atomic E-state index is 0.429. The van der Waals surface area contributed by atoms with Crippen LogP contribution in [0.5, 0.6) is 5.75 Å². The van der Waals surface area contributed by atoms with Crippen LogP contribution in [0.25, 0.3) is 0 Å². The van der Waals surface area contributed by atoms with E-state index in [1.165, 1.54) is 6.07 Å². The summed E-state index contributed by atoms with van der Waals surface area (Å²) in [7, 11) is 1.56. The highest BCUT2D eigenvalue weighted by Crippen LogP contribution is 2.32. The Balaban J connectivity index is 2.38. The summed E-state index contributed by atoms with van der Waals surface area (Å²) >= 11 is 0. The number of halogens is 3. The minimum atomic E-state index is -4.37. The molecule has 0 aliphatic carbocycles. The van der Waals surface area contributed by atoms with Crippen LogP contribution >= 0.6 is 0 Å². The minimum Gasteiger partial charge on any atom is -0.497 e. The van der Waals surface area contributed by atoms with Gasteiger partial charge in [-0.15, -0.1) is 0 Å². The number of alkyl halides is 3. The lowest BCUT2D eigenvalue weighted by Crippen LogP contribution is -2.15. The predicted octanol–water partition coefficient (Wildman–Crippen LogP) is 4.07. The van der Waals surface area contributed by atoms with E-state index >= 15 is 0 Å². The molecule has 2 nitrogen and oxygen atoms in total. The Labute approximate surface area is 121 Å². The zero-order valence-corrected chi connectivity index (χ0v) is 11.7. The number of methoxy groups -OCH3 is 1. The third-order valence-corrected chi connectivity index (χ3v) is 3.39. The molecule has 0 aliphatic rings. The number of ether oxygens (including phenoxy) is 1. The van der Waals surface area contributed by atoms with Crippen molar-refractivity contribution in [3.63, 3.8) is 0 Å². The highest BCUT2D eigenvalue weighted by molar-refractivity contribution is 5.42. The molecule has 112 valence electrons. The van der Waals surface area contributed by atoms with E-state index in [4.69, 9.17) is 10.5 Å². The van der Waals surface area contributed by atoms with E-state index < -0.39 is 17.8 Å². The molecule has 5 heteroatoms. The quantitative estimate of drug-likeness (QED) is 0.926. The van der Waals surface area contributed by atoms with Gasteiger partial charge in [0.15, 0.2) is 0 Å². The molecule has 0 saturated carbocycles. The predicted molar refractivity (Wildman–Crippen MR) is 75.2 cm³/mol. The largest absolute Gasteiger partial charge is 0.497 e. The molecule has 0 aliphatic heterocycles. The first-order valence-corrected chi connectivity index (χ1v) is 6.40. The molecule has 0 fully saturated rings. The van der Waals surface area contributed by atoms with Gasteiger partial charge in [0, 0.05) is 0 Å². The van der Waals surface area contributed by atoms with E-state index in [9.17, 15) is 13.2 Å². The van der Waals surface area contributed by atoms with Crippen LogP contribution in [0.2, 0.25) is 0 Å². The molecule has 0 radical (unpaired) electrons. The SMILES string of the molecule is COc1ccc(C(N)c2cccc(C(F)(F)F)c2)c(C)c1. The van der Waals surface area contributed by atoms with Gasteiger partial charge >= 0.3 is 6.18 Å². The van der Waals surface area contributed by atoms with Gasteiger partial charge in [0.05, 0.1) is 18.7 Å². The highest BCUT2D eigenvalue weighted by atomic mass is 19.4. The molecule has 1 atom stereocenters. The van der Waals surface area contributed by atoms with Gasteiger partial charge in [0.2, 0.25) is 0 Å². The van der Waals surface area contributed by atoms with Crippen LogP contribution < -0.4 is 10.5 Å². The fourth-order valence-corrected chi connectivity index (χ4v) is 2.21. The van der Waals surface area contributed by atoms with Crippen LogP contribution in [0.3, 0.4) is 0 Å². The Bertz CT molecular complexity index is 638. The molecule has 21 heavy (non-hydrogen) atoms. The second-order valence-corrected chi connectivity index (χ2v) is 4.82. The number of hydrogen-bond acceptors (Lipinski definition) is 2. The maximum absolute atomic E-state index is 12.8. The van der Waals surface area contributed by atoms with Crippen LogP contribution in [0, 0.1) is 6.92 Å². The number of nitrogens with two attached hydrogens (primary N) is 1. The Morgan fingerprint density at radius 3 is 2.38 bits per heavy atom. The molecule has 2 aromatic carbocycles. The number of aryl methyl sites for hydroxylation is 1. The van der Waals surface area contributed by atoms with E-state index in [0.717, 1.165) is 23.3 Å². The number of rotatable bonds is 3. The zero-order valence-electron chi connectivity index (χ0n) is 11.7. The molecule has 0 bridgehead atoms. The Morgan fingerprint density at radius 1 is 1.10 bits per heavy atom. The summed E-state index contributed by atoms with van der Waals surface area (Å²) in [5.41, 5.74) is 7.50. The fraction of sp³-hybridized carbons (Fsp3) is 0.250. The molecule has 2 rings (SSSR count). The van der Waals surface area contributed by atoms with Crippen molar-refractivity contribution >= 4 is 0 Å². The summed E-state index contributed by atoms with van der Waals surface area (Å²) in [4.78, 5) is 0. The molecule has 1 unspecified atom stereocenters. The summed E-state index contributed by atoms with van der Waals surface area (Å²) in [5, 5.41) is 0. The molecule has 2 N–H and O–H groups in total. The molecular weight excluding hydrogens is 279 g/mol. The van der Waals surface area contributed by atoms with Gasteiger partial charge in [-0.3, -0.25) is 0 Å². The normalized spacial score (nSPS) is 13.0. The average molecular weight is 295 g/mol. The van der Waals surface area contributed by atoms with E-state index in [1.807, 2.05) is 13.0 Å². The lowest BCUT2D eigenvalue weighted by molar-refractivity contribution is -0.137. The second kappa shape index (κ2) is 5.77.